The number of halogens is 3. The fourth-order valence-electron chi connectivity index (χ4n) is 1.26. The van der Waals surface area contributed by atoms with Gasteiger partial charge in [0, 0.05) is 13.0 Å². The van der Waals surface area contributed by atoms with Gasteiger partial charge in [0.25, 0.3) is 0 Å². The lowest BCUT2D eigenvalue weighted by Crippen LogP contribution is -2.40. The van der Waals surface area contributed by atoms with E-state index in [-0.39, 0.29) is 6.54 Å². The quantitative estimate of drug-likeness (QED) is 0.747. The first-order valence-corrected chi connectivity index (χ1v) is 5.22. The molecule has 1 amide bonds. The molecule has 96 valence electrons. The number of alkyl halides is 3. The molecule has 0 aromatic heterocycles. The molecule has 0 bridgehead atoms. The zero-order valence-corrected chi connectivity index (χ0v) is 9.52. The summed E-state index contributed by atoms with van der Waals surface area (Å²) < 4.78 is 35.3. The summed E-state index contributed by atoms with van der Waals surface area (Å²) in [6.45, 7) is 3.40. The molecule has 0 spiro atoms. The van der Waals surface area contributed by atoms with Crippen molar-refractivity contribution < 1.29 is 23.1 Å². The molecule has 0 radical (unpaired) electrons. The Morgan fingerprint density at radius 3 is 2.31 bits per heavy atom. The van der Waals surface area contributed by atoms with Gasteiger partial charge >= 0.3 is 6.18 Å². The van der Waals surface area contributed by atoms with Crippen LogP contribution in [0, 0.1) is 0 Å². The summed E-state index contributed by atoms with van der Waals surface area (Å²) in [5.74, 6) is -0.686. The first-order valence-electron chi connectivity index (χ1n) is 5.22. The molecule has 0 fully saturated rings. The average Bonchev–Trinajstić information content (AvgIpc) is 2.10. The van der Waals surface area contributed by atoms with Gasteiger partial charge in [-0.1, -0.05) is 13.3 Å². The van der Waals surface area contributed by atoms with Crippen LogP contribution in [0.1, 0.15) is 39.5 Å². The predicted molar refractivity (Wildman–Crippen MR) is 53.8 cm³/mol. The number of carbonyl (C=O) groups is 1. The smallest absolute Gasteiger partial charge is 0.388 e. The Kier molecular flexibility index (Phi) is 5.78. The van der Waals surface area contributed by atoms with Gasteiger partial charge in [-0.2, -0.15) is 13.2 Å². The lowest BCUT2D eigenvalue weighted by molar-refractivity contribution is -0.144. The van der Waals surface area contributed by atoms with Crippen LogP contribution >= 0.6 is 0 Å². The van der Waals surface area contributed by atoms with Crippen molar-refractivity contribution >= 4 is 5.91 Å². The second kappa shape index (κ2) is 6.08. The van der Waals surface area contributed by atoms with E-state index >= 15 is 0 Å². The van der Waals surface area contributed by atoms with Crippen molar-refractivity contribution in [3.05, 3.63) is 0 Å². The highest BCUT2D eigenvalue weighted by molar-refractivity contribution is 5.75. The molecule has 0 rings (SSSR count). The summed E-state index contributed by atoms with van der Waals surface area (Å²) in [6.07, 6.45) is -4.80. The van der Waals surface area contributed by atoms with Crippen molar-refractivity contribution in [3.63, 3.8) is 0 Å². The molecular weight excluding hydrogens is 223 g/mol. The molecule has 0 saturated heterocycles. The molecule has 1 atom stereocenters. The molecule has 0 heterocycles. The number of rotatable bonds is 6. The van der Waals surface area contributed by atoms with Crippen LogP contribution in [0.4, 0.5) is 13.2 Å². The highest BCUT2D eigenvalue weighted by Crippen LogP contribution is 2.21. The van der Waals surface area contributed by atoms with Crippen LogP contribution in [0.25, 0.3) is 0 Å². The second-order valence-corrected chi connectivity index (χ2v) is 4.14. The van der Waals surface area contributed by atoms with E-state index in [9.17, 15) is 23.1 Å². The standard InChI is InChI=1S/C10H18F3NO2/c1-3-5-9(2,16)7-14-8(15)4-6-10(11,12)13/h16H,3-7H2,1-2H3,(H,14,15). The largest absolute Gasteiger partial charge is 0.389 e. The van der Waals surface area contributed by atoms with Crippen LogP contribution < -0.4 is 5.32 Å². The van der Waals surface area contributed by atoms with Gasteiger partial charge in [0.05, 0.1) is 12.0 Å². The van der Waals surface area contributed by atoms with Gasteiger partial charge in [-0.15, -0.1) is 0 Å². The summed E-state index contributed by atoms with van der Waals surface area (Å²) in [5.41, 5.74) is -1.05. The third kappa shape index (κ3) is 8.52. The van der Waals surface area contributed by atoms with Crippen LogP contribution in [-0.4, -0.2) is 29.3 Å². The fraction of sp³-hybridized carbons (Fsp3) is 0.900. The Morgan fingerprint density at radius 1 is 1.31 bits per heavy atom. The third-order valence-corrected chi connectivity index (χ3v) is 2.09. The van der Waals surface area contributed by atoms with E-state index in [1.807, 2.05) is 6.92 Å². The zero-order chi connectivity index (χ0) is 12.8. The maximum Gasteiger partial charge on any atom is 0.389 e. The molecule has 0 aromatic carbocycles. The number of amides is 1. The molecule has 1 unspecified atom stereocenters. The van der Waals surface area contributed by atoms with Gasteiger partial charge < -0.3 is 10.4 Å². The van der Waals surface area contributed by atoms with Crippen LogP contribution in [0.15, 0.2) is 0 Å². The molecule has 2 N–H and O–H groups in total. The van der Waals surface area contributed by atoms with Gasteiger partial charge in [0.1, 0.15) is 0 Å². The van der Waals surface area contributed by atoms with Crippen LogP contribution in [0.5, 0.6) is 0 Å². The minimum atomic E-state index is -4.32. The van der Waals surface area contributed by atoms with Gasteiger partial charge in [-0.05, 0) is 13.3 Å². The van der Waals surface area contributed by atoms with E-state index in [4.69, 9.17) is 0 Å². The van der Waals surface area contributed by atoms with Gasteiger partial charge in [-0.3, -0.25) is 4.79 Å². The van der Waals surface area contributed by atoms with Crippen molar-refractivity contribution in [2.24, 2.45) is 0 Å². The van der Waals surface area contributed by atoms with E-state index in [1.165, 1.54) is 0 Å². The van der Waals surface area contributed by atoms with Crippen molar-refractivity contribution in [1.82, 2.24) is 5.32 Å². The van der Waals surface area contributed by atoms with E-state index in [1.54, 1.807) is 6.92 Å². The first kappa shape index (κ1) is 15.2. The van der Waals surface area contributed by atoms with Crippen LogP contribution in [-0.2, 0) is 4.79 Å². The van der Waals surface area contributed by atoms with Crippen LogP contribution in [0.2, 0.25) is 0 Å². The molecule has 0 aliphatic carbocycles. The summed E-state index contributed by atoms with van der Waals surface area (Å²) in [4.78, 5) is 11.0. The molecule has 0 aromatic rings. The predicted octanol–water partition coefficient (Wildman–Crippen LogP) is 2.00. The molecular formula is C10H18F3NO2. The van der Waals surface area contributed by atoms with E-state index in [0.717, 1.165) is 6.42 Å². The SMILES string of the molecule is CCCC(C)(O)CNC(=O)CCC(F)(F)F. The number of carbonyl (C=O) groups excluding carboxylic acids is 1. The number of hydrogen-bond acceptors (Lipinski definition) is 2. The summed E-state index contributed by atoms with van der Waals surface area (Å²) in [7, 11) is 0. The fourth-order valence-corrected chi connectivity index (χ4v) is 1.26. The molecule has 0 saturated carbocycles. The van der Waals surface area contributed by atoms with E-state index in [2.05, 4.69) is 5.32 Å². The normalized spacial score (nSPS) is 15.6. The average molecular weight is 241 g/mol. The second-order valence-electron chi connectivity index (χ2n) is 4.14. The van der Waals surface area contributed by atoms with Gasteiger partial charge in [0.2, 0.25) is 5.91 Å². The minimum Gasteiger partial charge on any atom is -0.388 e. The molecule has 16 heavy (non-hydrogen) atoms. The van der Waals surface area contributed by atoms with Crippen molar-refractivity contribution in [3.8, 4) is 0 Å². The maximum atomic E-state index is 11.8. The first-order chi connectivity index (χ1) is 7.16. The van der Waals surface area contributed by atoms with Gasteiger partial charge in [0.15, 0.2) is 0 Å². The highest BCUT2D eigenvalue weighted by Gasteiger charge is 2.28. The molecule has 0 aliphatic heterocycles. The minimum absolute atomic E-state index is 0.0163. The Morgan fingerprint density at radius 2 is 1.88 bits per heavy atom. The topological polar surface area (TPSA) is 49.3 Å². The Labute approximate surface area is 93.0 Å². The highest BCUT2D eigenvalue weighted by atomic mass is 19.4. The summed E-state index contributed by atoms with van der Waals surface area (Å²) in [5, 5.41) is 11.9. The van der Waals surface area contributed by atoms with E-state index < -0.39 is 30.5 Å². The number of aliphatic hydroxyl groups is 1. The third-order valence-electron chi connectivity index (χ3n) is 2.09. The molecule has 3 nitrogen and oxygen atoms in total. The van der Waals surface area contributed by atoms with E-state index in [0.29, 0.717) is 6.42 Å². The summed E-state index contributed by atoms with van der Waals surface area (Å²) >= 11 is 0. The zero-order valence-electron chi connectivity index (χ0n) is 9.52. The number of hydrogen-bond donors (Lipinski definition) is 2. The summed E-state index contributed by atoms with van der Waals surface area (Å²) in [6, 6.07) is 0. The molecule has 6 heteroatoms. The Hall–Kier alpha value is -0.780. The lowest BCUT2D eigenvalue weighted by atomic mass is 10.0. The van der Waals surface area contributed by atoms with Crippen LogP contribution in [0.3, 0.4) is 0 Å². The molecule has 0 aliphatic rings. The monoisotopic (exact) mass is 241 g/mol. The lowest BCUT2D eigenvalue weighted by Gasteiger charge is -2.22. The number of nitrogens with one attached hydrogen (secondary N) is 1. The Bertz CT molecular complexity index is 227. The van der Waals surface area contributed by atoms with Crippen molar-refractivity contribution in [1.29, 1.82) is 0 Å². The van der Waals surface area contributed by atoms with Gasteiger partial charge in [-0.25, -0.2) is 0 Å². The van der Waals surface area contributed by atoms with Crippen molar-refractivity contribution in [2.75, 3.05) is 6.54 Å². The van der Waals surface area contributed by atoms with Crippen molar-refractivity contribution in [2.45, 2.75) is 51.3 Å². The maximum absolute atomic E-state index is 11.8. The Balaban J connectivity index is 3.81.